The predicted octanol–water partition coefficient (Wildman–Crippen LogP) is 5.35. The molecule has 17 heteroatoms. The molecule has 1 aromatic heterocycles. The molecule has 0 saturated carbocycles. The fraction of sp³-hybridized carbons (Fsp3) is 0.268. The molecule has 10 rings (SSSR count). The molecule has 3 fully saturated rings. The van der Waals surface area contributed by atoms with Crippen LogP contribution in [0.25, 0.3) is 0 Å². The van der Waals surface area contributed by atoms with E-state index >= 15 is 19.2 Å². The van der Waals surface area contributed by atoms with Crippen LogP contribution in [0.4, 0.5) is 21.2 Å². The minimum Gasteiger partial charge on any atom is -0.491 e. The van der Waals surface area contributed by atoms with Crippen LogP contribution in [0.1, 0.15) is 64.5 Å². The number of fused-ring (bicyclic) bond motifs is 3. The number of esters is 1. The van der Waals surface area contributed by atoms with Gasteiger partial charge in [0.15, 0.2) is 0 Å². The summed E-state index contributed by atoms with van der Waals surface area (Å²) in [6.45, 7) is 2.63. The summed E-state index contributed by atoms with van der Waals surface area (Å²) in [5.74, 6) is 3.51. The number of hydrogen-bond donors (Lipinski definition) is 4. The summed E-state index contributed by atoms with van der Waals surface area (Å²) >= 11 is 0. The van der Waals surface area contributed by atoms with Crippen molar-refractivity contribution in [3.05, 3.63) is 185 Å². The number of cyclic esters (lactones) is 1. The van der Waals surface area contributed by atoms with Gasteiger partial charge in [0.25, 0.3) is 0 Å². The molecular formula is C56H53N9O8. The van der Waals surface area contributed by atoms with Gasteiger partial charge in [0, 0.05) is 44.1 Å². The van der Waals surface area contributed by atoms with Crippen molar-refractivity contribution in [2.24, 2.45) is 11.7 Å². The minimum absolute atomic E-state index is 0.0257. The first-order valence-corrected chi connectivity index (χ1v) is 24.2. The number of morpholine rings is 1. The van der Waals surface area contributed by atoms with Crippen molar-refractivity contribution >= 4 is 41.5 Å². The third kappa shape index (κ3) is 8.96. The molecule has 5 heterocycles. The molecule has 7 atom stereocenters. The number of nitrogens with one attached hydrogen (secondary N) is 2. The second-order valence-corrected chi connectivity index (χ2v) is 18.2. The molecule has 73 heavy (non-hydrogen) atoms. The van der Waals surface area contributed by atoms with E-state index in [-0.39, 0.29) is 38.5 Å². The molecule has 17 nitrogen and oxygen atoms in total. The van der Waals surface area contributed by atoms with Gasteiger partial charge in [-0.3, -0.25) is 19.3 Å². The largest absolute Gasteiger partial charge is 0.491 e. The number of aliphatic hydroxyl groups excluding tert-OH is 1. The first-order chi connectivity index (χ1) is 35.6. The van der Waals surface area contributed by atoms with E-state index in [1.165, 1.54) is 0 Å². The summed E-state index contributed by atoms with van der Waals surface area (Å²) in [6.07, 6.45) is 2.38. The number of piperazine rings is 1. The zero-order chi connectivity index (χ0) is 50.6. The van der Waals surface area contributed by atoms with Crippen LogP contribution in [-0.2, 0) is 24.5 Å². The number of aliphatic hydroxyl groups is 1. The fourth-order valence-electron chi connectivity index (χ4n) is 11.0. The van der Waals surface area contributed by atoms with Crippen molar-refractivity contribution < 1.29 is 38.6 Å². The summed E-state index contributed by atoms with van der Waals surface area (Å²) in [5, 5.41) is 15.2. The number of amides is 6. The Bertz CT molecular complexity index is 3060. The molecule has 370 valence electrons. The maximum Gasteiger partial charge on any atom is 0.329 e. The number of carbonyl (C=O) groups excluding carboxylic acids is 5. The molecule has 5 aromatic carbocycles. The molecular weight excluding hydrogens is 927 g/mol. The number of ether oxygens (including phenoxy) is 2. The highest BCUT2D eigenvalue weighted by atomic mass is 16.6. The molecule has 0 unspecified atom stereocenters. The highest BCUT2D eigenvalue weighted by molar-refractivity contribution is 6.24. The molecule has 0 aliphatic carbocycles. The van der Waals surface area contributed by atoms with Crippen LogP contribution >= 0.6 is 0 Å². The molecule has 4 aliphatic rings. The summed E-state index contributed by atoms with van der Waals surface area (Å²) in [4.78, 5) is 91.3. The van der Waals surface area contributed by atoms with Crippen molar-refractivity contribution in [3.8, 4) is 17.6 Å². The fourth-order valence-corrected chi connectivity index (χ4v) is 11.0. The number of carbonyl (C=O) groups is 5. The molecule has 6 amide bonds. The van der Waals surface area contributed by atoms with Crippen molar-refractivity contribution in [1.29, 1.82) is 0 Å². The quantitative estimate of drug-likeness (QED) is 0.0956. The van der Waals surface area contributed by atoms with Crippen LogP contribution in [0.5, 0.6) is 5.75 Å². The van der Waals surface area contributed by atoms with E-state index < -0.39 is 71.5 Å². The number of anilines is 2. The van der Waals surface area contributed by atoms with Gasteiger partial charge in [0.2, 0.25) is 17.8 Å². The lowest BCUT2D eigenvalue weighted by atomic mass is 9.64. The number of urea groups is 2. The summed E-state index contributed by atoms with van der Waals surface area (Å²) < 4.78 is 12.5. The zero-order valence-electron chi connectivity index (χ0n) is 39.9. The van der Waals surface area contributed by atoms with Gasteiger partial charge in [-0.1, -0.05) is 115 Å². The summed E-state index contributed by atoms with van der Waals surface area (Å²) in [5.41, 5.74) is 6.98. The smallest absolute Gasteiger partial charge is 0.329 e. The number of primary amides is 1. The lowest BCUT2D eigenvalue weighted by molar-refractivity contribution is -0.179. The number of nitrogens with two attached hydrogens (primary N) is 1. The normalized spacial score (nSPS) is 22.6. The Kier molecular flexibility index (Phi) is 13.6. The van der Waals surface area contributed by atoms with Crippen molar-refractivity contribution in [3.63, 3.8) is 0 Å². The van der Waals surface area contributed by atoms with E-state index in [2.05, 4.69) is 32.4 Å². The number of benzene rings is 5. The van der Waals surface area contributed by atoms with Crippen LogP contribution in [0.15, 0.2) is 152 Å². The number of nitrogens with zero attached hydrogens (tertiary/aromatic N) is 6. The molecule has 1 spiro atoms. The number of hydrogen-bond acceptors (Lipinski definition) is 12. The van der Waals surface area contributed by atoms with Crippen molar-refractivity contribution in [1.82, 2.24) is 30.4 Å². The lowest BCUT2D eigenvalue weighted by Crippen LogP contribution is -2.59. The molecule has 5 N–H and O–H groups in total. The van der Waals surface area contributed by atoms with E-state index in [4.69, 9.17) is 15.2 Å². The minimum atomic E-state index is -2.04. The van der Waals surface area contributed by atoms with Gasteiger partial charge in [0.1, 0.15) is 29.9 Å². The second-order valence-electron chi connectivity index (χ2n) is 18.2. The highest BCUT2D eigenvalue weighted by Crippen LogP contribution is 2.66. The summed E-state index contributed by atoms with van der Waals surface area (Å²) in [6, 6.07) is 36.6. The van der Waals surface area contributed by atoms with Gasteiger partial charge in [0.05, 0.1) is 42.9 Å². The Morgan fingerprint density at radius 2 is 1.48 bits per heavy atom. The van der Waals surface area contributed by atoms with Gasteiger partial charge in [-0.25, -0.2) is 24.5 Å². The van der Waals surface area contributed by atoms with E-state index in [0.29, 0.717) is 47.0 Å². The van der Waals surface area contributed by atoms with Crippen LogP contribution in [0, 0.1) is 17.8 Å². The van der Waals surface area contributed by atoms with E-state index in [9.17, 15) is 9.90 Å². The molecule has 6 aromatic rings. The Balaban J connectivity index is 1.23. The molecule has 0 bridgehead atoms. The van der Waals surface area contributed by atoms with Crippen LogP contribution in [0.2, 0.25) is 0 Å². The molecule has 3 saturated heterocycles. The van der Waals surface area contributed by atoms with Crippen molar-refractivity contribution in [2.75, 3.05) is 55.7 Å². The topological polar surface area (TPSA) is 213 Å². The van der Waals surface area contributed by atoms with Crippen molar-refractivity contribution in [2.45, 2.75) is 42.6 Å². The number of imide groups is 1. The zero-order valence-corrected chi connectivity index (χ0v) is 39.9. The van der Waals surface area contributed by atoms with Gasteiger partial charge in [-0.15, -0.1) is 0 Å². The highest BCUT2D eigenvalue weighted by Gasteiger charge is 2.76. The first kappa shape index (κ1) is 48.1. The Labute approximate surface area is 421 Å². The average Bonchev–Trinajstić information content (AvgIpc) is 3.92. The van der Waals surface area contributed by atoms with Crippen LogP contribution < -0.4 is 30.9 Å². The van der Waals surface area contributed by atoms with Gasteiger partial charge < -0.3 is 40.7 Å². The third-order valence-electron chi connectivity index (χ3n) is 14.1. The van der Waals surface area contributed by atoms with Crippen LogP contribution in [-0.4, -0.2) is 107 Å². The Morgan fingerprint density at radius 1 is 0.822 bits per heavy atom. The Hall–Kier alpha value is -8.59. The standard InChI is InChI=1S/C56H53N9O8/c1-36(38-14-5-2-6-15-38)61-55(71)64-44-25-20-37(13-11-26-58-53(57)70)35-43(44)56(52(64)69)45(50(67)62-29-31-63(32-30-62)54-59-27-12-28-60-54)47-51(68)73-48(40-18-9-4-10-19-40)46(39-16-7-3-8-17-39)65(47)49(56)41-21-23-42(24-22-41)72-34-33-66/h2-10,12,14-25,27-28,35-36,45-49,66H,26,29-34H2,1H3,(H,61,71)(H3,57,58,70)/t36-,45+,46+,47+,48-,49-,56+/m1/s1. The summed E-state index contributed by atoms with van der Waals surface area (Å²) in [7, 11) is 0. The molecule has 4 aliphatic heterocycles. The molecule has 0 radical (unpaired) electrons. The van der Waals surface area contributed by atoms with Gasteiger partial charge in [-0.2, -0.15) is 0 Å². The average molecular weight is 980 g/mol. The Morgan fingerprint density at radius 3 is 2.14 bits per heavy atom. The maximum atomic E-state index is 16.8. The van der Waals surface area contributed by atoms with E-state index in [0.717, 1.165) is 16.0 Å². The first-order valence-electron chi connectivity index (χ1n) is 24.2. The van der Waals surface area contributed by atoms with Crippen LogP contribution in [0.3, 0.4) is 0 Å². The SMILES string of the molecule is C[C@@H](NC(=O)N1C(=O)[C@@]2(c3cc(C#CCNC(N)=O)ccc31)[C@H](C(=O)N1CCN(c3ncccn3)CC1)[C@H]1C(=O)O[C@H](c3ccccc3)[C@H](c3ccccc3)N1[C@@H]2c1ccc(OCCO)cc1)c1ccccc1. The number of aromatic nitrogens is 2. The van der Waals surface area contributed by atoms with Gasteiger partial charge in [-0.05, 0) is 71.1 Å². The second kappa shape index (κ2) is 20.6. The van der Waals surface area contributed by atoms with E-state index in [1.807, 2.05) is 108 Å². The monoisotopic (exact) mass is 979 g/mol. The maximum absolute atomic E-state index is 16.8. The number of rotatable bonds is 11. The third-order valence-corrected chi connectivity index (χ3v) is 14.1. The predicted molar refractivity (Wildman–Crippen MR) is 270 cm³/mol. The van der Waals surface area contributed by atoms with Gasteiger partial charge >= 0.3 is 18.0 Å². The van der Waals surface area contributed by atoms with E-state index in [1.54, 1.807) is 65.8 Å². The lowest BCUT2D eigenvalue weighted by Gasteiger charge is -2.46.